The van der Waals surface area contributed by atoms with Gasteiger partial charge in [-0.3, -0.25) is 9.36 Å². The molecule has 2 aromatic rings. The minimum atomic E-state index is -0.123. The van der Waals surface area contributed by atoms with Gasteiger partial charge in [-0.2, -0.15) is 5.10 Å². The van der Waals surface area contributed by atoms with Gasteiger partial charge in [0, 0.05) is 19.5 Å². The number of hydrogen-bond acceptors (Lipinski definition) is 3. The van der Waals surface area contributed by atoms with E-state index in [1.807, 2.05) is 35.2 Å². The van der Waals surface area contributed by atoms with Gasteiger partial charge in [-0.1, -0.05) is 36.8 Å². The standard InChI is InChI=1S/C19H24N4O2/c1-21-19(25)23(13-14-7-3-2-4-8-14)17(20-21)16-11-6-12-22(16)18(24)15-9-5-10-15/h2-4,7-8,15-16H,5-6,9-13H2,1H3. The first-order chi connectivity index (χ1) is 12.1. The maximum atomic E-state index is 12.8. The van der Waals surface area contributed by atoms with E-state index in [1.54, 1.807) is 11.6 Å². The number of benzene rings is 1. The van der Waals surface area contributed by atoms with Crippen LogP contribution in [0.3, 0.4) is 0 Å². The normalized spacial score (nSPS) is 20.7. The van der Waals surface area contributed by atoms with Gasteiger partial charge in [-0.25, -0.2) is 9.48 Å². The van der Waals surface area contributed by atoms with E-state index >= 15 is 0 Å². The van der Waals surface area contributed by atoms with Crippen molar-refractivity contribution in [2.45, 2.75) is 44.7 Å². The van der Waals surface area contributed by atoms with Crippen LogP contribution >= 0.6 is 0 Å². The fraction of sp³-hybridized carbons (Fsp3) is 0.526. The highest BCUT2D eigenvalue weighted by Crippen LogP contribution is 2.36. The molecule has 25 heavy (non-hydrogen) atoms. The Morgan fingerprint density at radius 2 is 1.92 bits per heavy atom. The number of aromatic nitrogens is 3. The van der Waals surface area contributed by atoms with Crippen LogP contribution in [0, 0.1) is 5.92 Å². The molecule has 1 saturated heterocycles. The fourth-order valence-electron chi connectivity index (χ4n) is 3.87. The van der Waals surface area contributed by atoms with Gasteiger partial charge in [0.1, 0.15) is 0 Å². The van der Waals surface area contributed by atoms with Crippen LogP contribution in [-0.4, -0.2) is 31.7 Å². The lowest BCUT2D eigenvalue weighted by atomic mass is 9.84. The topological polar surface area (TPSA) is 60.1 Å². The second-order valence-electron chi connectivity index (χ2n) is 7.15. The number of nitrogens with zero attached hydrogens (tertiary/aromatic N) is 4. The van der Waals surface area contributed by atoms with E-state index in [4.69, 9.17) is 0 Å². The Labute approximate surface area is 147 Å². The number of likely N-dealkylation sites (tertiary alicyclic amines) is 1. The van der Waals surface area contributed by atoms with Gasteiger partial charge in [0.2, 0.25) is 5.91 Å². The first-order valence-corrected chi connectivity index (χ1v) is 9.13. The lowest BCUT2D eigenvalue weighted by Gasteiger charge is -2.32. The first kappa shape index (κ1) is 16.1. The third kappa shape index (κ3) is 2.90. The van der Waals surface area contributed by atoms with Crippen molar-refractivity contribution in [2.24, 2.45) is 13.0 Å². The van der Waals surface area contributed by atoms with Crippen LogP contribution in [0.1, 0.15) is 49.5 Å². The SMILES string of the molecule is Cn1nc(C2CCCN2C(=O)C2CCC2)n(Cc2ccccc2)c1=O. The van der Waals surface area contributed by atoms with E-state index in [1.165, 1.54) is 4.68 Å². The summed E-state index contributed by atoms with van der Waals surface area (Å²) in [5, 5.41) is 4.50. The molecule has 0 N–H and O–H groups in total. The van der Waals surface area contributed by atoms with Crippen molar-refractivity contribution in [1.82, 2.24) is 19.2 Å². The molecule has 0 spiro atoms. The second kappa shape index (κ2) is 6.50. The third-order valence-electron chi connectivity index (χ3n) is 5.51. The summed E-state index contributed by atoms with van der Waals surface area (Å²) >= 11 is 0. The molecule has 1 aliphatic carbocycles. The molecule has 1 aromatic heterocycles. The Balaban J connectivity index is 1.66. The number of hydrogen-bond donors (Lipinski definition) is 0. The lowest BCUT2D eigenvalue weighted by molar-refractivity contribution is -0.139. The van der Waals surface area contributed by atoms with Gasteiger partial charge in [0.25, 0.3) is 0 Å². The molecular weight excluding hydrogens is 316 g/mol. The molecular formula is C19H24N4O2. The maximum Gasteiger partial charge on any atom is 0.346 e. The molecule has 1 saturated carbocycles. The van der Waals surface area contributed by atoms with Crippen molar-refractivity contribution >= 4 is 5.91 Å². The highest BCUT2D eigenvalue weighted by molar-refractivity contribution is 5.80. The molecule has 2 heterocycles. The van der Waals surface area contributed by atoms with Gasteiger partial charge in [0.05, 0.1) is 12.6 Å². The summed E-state index contributed by atoms with van der Waals surface area (Å²) < 4.78 is 3.12. The average Bonchev–Trinajstić information content (AvgIpc) is 3.14. The molecule has 6 nitrogen and oxygen atoms in total. The van der Waals surface area contributed by atoms with E-state index < -0.39 is 0 Å². The van der Waals surface area contributed by atoms with Gasteiger partial charge < -0.3 is 4.90 Å². The van der Waals surface area contributed by atoms with Crippen LogP contribution in [-0.2, 0) is 18.4 Å². The zero-order valence-corrected chi connectivity index (χ0v) is 14.6. The lowest BCUT2D eigenvalue weighted by Crippen LogP contribution is -2.39. The van der Waals surface area contributed by atoms with E-state index in [0.717, 1.165) is 50.0 Å². The number of carbonyl (C=O) groups excluding carboxylic acids is 1. The van der Waals surface area contributed by atoms with Crippen LogP contribution in [0.2, 0.25) is 0 Å². The van der Waals surface area contributed by atoms with Gasteiger partial charge in [-0.15, -0.1) is 0 Å². The summed E-state index contributed by atoms with van der Waals surface area (Å²) in [6.45, 7) is 1.26. The zero-order valence-electron chi connectivity index (χ0n) is 14.6. The molecule has 0 bridgehead atoms. The van der Waals surface area contributed by atoms with Crippen LogP contribution < -0.4 is 5.69 Å². The van der Waals surface area contributed by atoms with Crippen molar-refractivity contribution in [2.75, 3.05) is 6.54 Å². The van der Waals surface area contributed by atoms with Crippen LogP contribution in [0.4, 0.5) is 0 Å². The Morgan fingerprint density at radius 3 is 2.60 bits per heavy atom. The monoisotopic (exact) mass is 340 g/mol. The Morgan fingerprint density at radius 1 is 1.16 bits per heavy atom. The summed E-state index contributed by atoms with van der Waals surface area (Å²) in [7, 11) is 1.68. The molecule has 1 amide bonds. The third-order valence-corrected chi connectivity index (χ3v) is 5.51. The number of rotatable bonds is 4. The minimum Gasteiger partial charge on any atom is -0.332 e. The predicted molar refractivity (Wildman–Crippen MR) is 94.0 cm³/mol. The van der Waals surface area contributed by atoms with Gasteiger partial charge in [0.15, 0.2) is 5.82 Å². The Kier molecular flexibility index (Phi) is 4.19. The van der Waals surface area contributed by atoms with E-state index in [9.17, 15) is 9.59 Å². The number of amides is 1. The van der Waals surface area contributed by atoms with Crippen molar-refractivity contribution < 1.29 is 4.79 Å². The summed E-state index contributed by atoms with van der Waals surface area (Å²) in [5.41, 5.74) is 0.940. The molecule has 0 radical (unpaired) electrons. The van der Waals surface area contributed by atoms with Crippen molar-refractivity contribution in [3.05, 3.63) is 52.2 Å². The minimum absolute atomic E-state index is 0.0780. The van der Waals surface area contributed by atoms with Gasteiger partial charge >= 0.3 is 5.69 Å². The molecule has 1 aromatic carbocycles. The van der Waals surface area contributed by atoms with E-state index in [-0.39, 0.29) is 23.6 Å². The Hall–Kier alpha value is -2.37. The molecule has 2 fully saturated rings. The maximum absolute atomic E-state index is 12.8. The average molecular weight is 340 g/mol. The summed E-state index contributed by atoms with van der Waals surface area (Å²) in [4.78, 5) is 27.3. The number of aryl methyl sites for hydroxylation is 1. The smallest absolute Gasteiger partial charge is 0.332 e. The van der Waals surface area contributed by atoms with E-state index in [2.05, 4.69) is 5.10 Å². The summed E-state index contributed by atoms with van der Waals surface area (Å²) in [5.74, 6) is 1.15. The van der Waals surface area contributed by atoms with Crippen molar-refractivity contribution in [3.8, 4) is 0 Å². The summed E-state index contributed by atoms with van der Waals surface area (Å²) in [6, 6.07) is 9.85. The van der Waals surface area contributed by atoms with Crippen LogP contribution in [0.5, 0.6) is 0 Å². The van der Waals surface area contributed by atoms with Crippen molar-refractivity contribution in [3.63, 3.8) is 0 Å². The molecule has 2 aliphatic rings. The van der Waals surface area contributed by atoms with E-state index in [0.29, 0.717) is 6.54 Å². The fourth-order valence-corrected chi connectivity index (χ4v) is 3.87. The Bertz CT molecular complexity index is 820. The van der Waals surface area contributed by atoms with Crippen molar-refractivity contribution in [1.29, 1.82) is 0 Å². The predicted octanol–water partition coefficient (Wildman–Crippen LogP) is 2.09. The number of carbonyl (C=O) groups is 1. The molecule has 1 atom stereocenters. The molecule has 6 heteroatoms. The molecule has 132 valence electrons. The molecule has 4 rings (SSSR count). The largest absolute Gasteiger partial charge is 0.346 e. The molecule has 1 unspecified atom stereocenters. The first-order valence-electron chi connectivity index (χ1n) is 9.13. The molecule has 1 aliphatic heterocycles. The highest BCUT2D eigenvalue weighted by atomic mass is 16.2. The van der Waals surface area contributed by atoms with Gasteiger partial charge in [-0.05, 0) is 31.2 Å². The van der Waals surface area contributed by atoms with Crippen LogP contribution in [0.25, 0.3) is 0 Å². The zero-order chi connectivity index (χ0) is 17.4. The van der Waals surface area contributed by atoms with Crippen LogP contribution in [0.15, 0.2) is 35.1 Å². The highest BCUT2D eigenvalue weighted by Gasteiger charge is 2.38. The second-order valence-corrected chi connectivity index (χ2v) is 7.15. The summed E-state index contributed by atoms with van der Waals surface area (Å²) in [6.07, 6.45) is 5.00. The quantitative estimate of drug-likeness (QED) is 0.856.